The zero-order valence-electron chi connectivity index (χ0n) is 12.4. The van der Waals surface area contributed by atoms with Gasteiger partial charge in [0.25, 0.3) is 5.91 Å². The van der Waals surface area contributed by atoms with Gasteiger partial charge in [-0.2, -0.15) is 0 Å². The molecule has 0 aromatic heterocycles. The summed E-state index contributed by atoms with van der Waals surface area (Å²) in [5.74, 6) is 4.60. The Labute approximate surface area is 134 Å². The van der Waals surface area contributed by atoms with Crippen LogP contribution in [0.15, 0.2) is 59.5 Å². The van der Waals surface area contributed by atoms with E-state index in [1.54, 1.807) is 0 Å². The largest absolute Gasteiger partial charge is 0.325 e. The van der Waals surface area contributed by atoms with E-state index < -0.39 is 6.04 Å². The van der Waals surface area contributed by atoms with Crippen molar-refractivity contribution in [3.63, 3.8) is 0 Å². The maximum Gasteiger partial charge on any atom is 0.251 e. The van der Waals surface area contributed by atoms with Gasteiger partial charge in [-0.1, -0.05) is 48.0 Å². The summed E-state index contributed by atoms with van der Waals surface area (Å²) in [5, 5.41) is 0. The maximum absolute atomic E-state index is 11.0. The van der Waals surface area contributed by atoms with Crippen molar-refractivity contribution in [2.75, 3.05) is 0 Å². The van der Waals surface area contributed by atoms with Crippen LogP contribution in [0.1, 0.15) is 11.1 Å². The SMILES string of the molecule is Cc1ccc(SO)cc1.NNC(=O)C(N)Cc1ccccc1. The van der Waals surface area contributed by atoms with E-state index in [9.17, 15) is 4.79 Å². The standard InChI is InChI=1S/C9H13N3O.C7H8OS/c10-8(9(13)12-11)6-7-4-2-1-3-5-7;1-6-2-4-7(9-8)5-3-6/h1-5,8H,6,10-11H2,(H,12,13);2-5,8H,1H3. The minimum absolute atomic E-state index is 0.344. The molecule has 22 heavy (non-hydrogen) atoms. The van der Waals surface area contributed by atoms with Crippen LogP contribution in [0.5, 0.6) is 0 Å². The number of hydrazine groups is 1. The van der Waals surface area contributed by atoms with Crippen molar-refractivity contribution in [3.8, 4) is 0 Å². The molecule has 0 spiro atoms. The Morgan fingerprint density at radius 2 is 1.77 bits per heavy atom. The van der Waals surface area contributed by atoms with Crippen molar-refractivity contribution in [2.45, 2.75) is 24.3 Å². The molecule has 2 rings (SSSR count). The van der Waals surface area contributed by atoms with Crippen LogP contribution in [0, 0.1) is 6.92 Å². The molecule has 0 aliphatic rings. The van der Waals surface area contributed by atoms with E-state index >= 15 is 0 Å². The Balaban J connectivity index is 0.000000235. The summed E-state index contributed by atoms with van der Waals surface area (Å²) in [6.07, 6.45) is 0.504. The van der Waals surface area contributed by atoms with E-state index in [1.807, 2.05) is 66.9 Å². The molecule has 2 aromatic rings. The average molecular weight is 319 g/mol. The Bertz CT molecular complexity index is 561. The van der Waals surface area contributed by atoms with Crippen molar-refractivity contribution < 1.29 is 9.35 Å². The lowest BCUT2D eigenvalue weighted by Crippen LogP contribution is -2.45. The molecule has 1 unspecified atom stereocenters. The van der Waals surface area contributed by atoms with Crippen LogP contribution in [0.3, 0.4) is 0 Å². The highest BCUT2D eigenvalue weighted by molar-refractivity contribution is 7.93. The summed E-state index contributed by atoms with van der Waals surface area (Å²) >= 11 is 0.777. The van der Waals surface area contributed by atoms with Gasteiger partial charge in [0.15, 0.2) is 0 Å². The van der Waals surface area contributed by atoms with Crippen LogP contribution in [-0.2, 0) is 11.2 Å². The van der Waals surface area contributed by atoms with Gasteiger partial charge in [0.1, 0.15) is 0 Å². The van der Waals surface area contributed by atoms with Crippen molar-refractivity contribution in [1.82, 2.24) is 5.43 Å². The molecule has 118 valence electrons. The van der Waals surface area contributed by atoms with Gasteiger partial charge in [0.2, 0.25) is 0 Å². The minimum Gasteiger partial charge on any atom is -0.325 e. The van der Waals surface area contributed by atoms with Gasteiger partial charge >= 0.3 is 0 Å². The first-order valence-corrected chi connectivity index (χ1v) is 7.52. The van der Waals surface area contributed by atoms with Crippen molar-refractivity contribution in [3.05, 3.63) is 65.7 Å². The Hall–Kier alpha value is -1.86. The Kier molecular flexibility index (Phi) is 8.24. The van der Waals surface area contributed by atoms with E-state index in [0.29, 0.717) is 6.42 Å². The predicted octanol–water partition coefficient (Wildman–Crippen LogP) is 2.11. The first-order valence-electron chi connectivity index (χ1n) is 6.75. The van der Waals surface area contributed by atoms with E-state index in [4.69, 9.17) is 16.1 Å². The fraction of sp³-hybridized carbons (Fsp3) is 0.188. The number of nitrogens with one attached hydrogen (secondary N) is 1. The van der Waals surface area contributed by atoms with Gasteiger partial charge in [-0.3, -0.25) is 10.2 Å². The number of hydrogen-bond donors (Lipinski definition) is 4. The fourth-order valence-electron chi connectivity index (χ4n) is 1.67. The molecule has 0 saturated carbocycles. The second-order valence-corrected chi connectivity index (χ2v) is 5.36. The highest BCUT2D eigenvalue weighted by Crippen LogP contribution is 2.13. The summed E-state index contributed by atoms with van der Waals surface area (Å²) in [6, 6.07) is 16.7. The van der Waals surface area contributed by atoms with Crippen molar-refractivity contribution >= 4 is 17.9 Å². The molecule has 1 amide bonds. The lowest BCUT2D eigenvalue weighted by atomic mass is 10.1. The van der Waals surface area contributed by atoms with Crippen LogP contribution in [-0.4, -0.2) is 16.5 Å². The van der Waals surface area contributed by atoms with Crippen LogP contribution >= 0.6 is 12.0 Å². The lowest BCUT2D eigenvalue weighted by Gasteiger charge is -2.08. The monoisotopic (exact) mass is 319 g/mol. The van der Waals surface area contributed by atoms with E-state index in [2.05, 4.69) is 0 Å². The third-order valence-electron chi connectivity index (χ3n) is 2.90. The van der Waals surface area contributed by atoms with Crippen molar-refractivity contribution in [1.29, 1.82) is 0 Å². The molecule has 1 atom stereocenters. The smallest absolute Gasteiger partial charge is 0.251 e. The zero-order valence-corrected chi connectivity index (χ0v) is 13.2. The average Bonchev–Trinajstić information content (AvgIpc) is 2.56. The number of carbonyl (C=O) groups excluding carboxylic acids is 1. The molecule has 0 heterocycles. The number of rotatable bonds is 4. The summed E-state index contributed by atoms with van der Waals surface area (Å²) in [4.78, 5) is 11.8. The third-order valence-corrected chi connectivity index (χ3v) is 3.39. The molecule has 6 N–H and O–H groups in total. The highest BCUT2D eigenvalue weighted by atomic mass is 32.2. The molecule has 5 nitrogen and oxygen atoms in total. The number of carbonyl (C=O) groups is 1. The molecule has 0 aliphatic heterocycles. The number of benzene rings is 2. The van der Waals surface area contributed by atoms with Gasteiger partial charge in [-0.15, -0.1) is 0 Å². The van der Waals surface area contributed by atoms with Crippen LogP contribution in [0.25, 0.3) is 0 Å². The third kappa shape index (κ3) is 6.73. The molecule has 0 fully saturated rings. The zero-order chi connectivity index (χ0) is 16.4. The minimum atomic E-state index is -0.576. The molecule has 0 aliphatic carbocycles. The normalized spacial score (nSPS) is 11.1. The first-order chi connectivity index (χ1) is 10.6. The van der Waals surface area contributed by atoms with Crippen LogP contribution in [0.2, 0.25) is 0 Å². The van der Waals surface area contributed by atoms with Gasteiger partial charge in [-0.25, -0.2) is 5.84 Å². The van der Waals surface area contributed by atoms with Gasteiger partial charge in [0, 0.05) is 16.9 Å². The Morgan fingerprint density at radius 1 is 1.18 bits per heavy atom. The second kappa shape index (κ2) is 9.97. The number of hydrogen-bond acceptors (Lipinski definition) is 5. The number of nitrogens with two attached hydrogens (primary N) is 2. The predicted molar refractivity (Wildman–Crippen MR) is 90.1 cm³/mol. The highest BCUT2D eigenvalue weighted by Gasteiger charge is 2.11. The van der Waals surface area contributed by atoms with E-state index in [0.717, 1.165) is 22.5 Å². The summed E-state index contributed by atoms with van der Waals surface area (Å²) in [5.41, 5.74) is 9.83. The lowest BCUT2D eigenvalue weighted by molar-refractivity contribution is -0.122. The number of amides is 1. The van der Waals surface area contributed by atoms with Crippen LogP contribution in [0.4, 0.5) is 0 Å². The van der Waals surface area contributed by atoms with E-state index in [1.165, 1.54) is 5.56 Å². The molecular weight excluding hydrogens is 298 g/mol. The number of aryl methyl sites for hydroxylation is 1. The molecule has 0 bridgehead atoms. The van der Waals surface area contributed by atoms with Gasteiger partial charge in [0.05, 0.1) is 6.04 Å². The fourth-order valence-corrected chi connectivity index (χ4v) is 1.92. The molecule has 0 saturated heterocycles. The topological polar surface area (TPSA) is 101 Å². The Morgan fingerprint density at radius 3 is 2.27 bits per heavy atom. The van der Waals surface area contributed by atoms with Crippen molar-refractivity contribution in [2.24, 2.45) is 11.6 Å². The van der Waals surface area contributed by atoms with Gasteiger partial charge in [-0.05, 0) is 31.0 Å². The van der Waals surface area contributed by atoms with Gasteiger partial charge < -0.3 is 10.3 Å². The summed E-state index contributed by atoms with van der Waals surface area (Å²) in [6.45, 7) is 2.02. The molecule has 2 aromatic carbocycles. The first kappa shape index (κ1) is 18.2. The molecular formula is C16H21N3O2S. The summed E-state index contributed by atoms with van der Waals surface area (Å²) < 4.78 is 8.55. The summed E-state index contributed by atoms with van der Waals surface area (Å²) in [7, 11) is 0. The maximum atomic E-state index is 11.0. The van der Waals surface area contributed by atoms with E-state index in [-0.39, 0.29) is 5.91 Å². The molecule has 6 heteroatoms. The molecule has 0 radical (unpaired) electrons. The van der Waals surface area contributed by atoms with Crippen LogP contribution < -0.4 is 17.0 Å². The second-order valence-electron chi connectivity index (χ2n) is 4.71. The quantitative estimate of drug-likeness (QED) is 0.299.